The molecule has 148 valence electrons. The lowest BCUT2D eigenvalue weighted by atomic mass is 10.1. The Morgan fingerprint density at radius 2 is 2.32 bits per heavy atom. The molecule has 1 aliphatic rings. The van der Waals surface area contributed by atoms with Crippen LogP contribution < -0.4 is 21.1 Å². The summed E-state index contributed by atoms with van der Waals surface area (Å²) in [5, 5.41) is 6.73. The molecule has 28 heavy (non-hydrogen) atoms. The molecular formula is C18H20ClFN6O2. The number of hydrogen-bond donors (Lipinski definition) is 3. The van der Waals surface area contributed by atoms with Crippen LogP contribution in [0.5, 0.6) is 5.75 Å². The lowest BCUT2D eigenvalue weighted by Gasteiger charge is -2.11. The molecule has 0 unspecified atom stereocenters. The molecule has 0 aliphatic carbocycles. The second-order valence-electron chi connectivity index (χ2n) is 6.73. The van der Waals surface area contributed by atoms with Crippen LogP contribution >= 0.6 is 11.6 Å². The lowest BCUT2D eigenvalue weighted by molar-refractivity contribution is 0.383. The summed E-state index contributed by atoms with van der Waals surface area (Å²) >= 11 is 6.16. The van der Waals surface area contributed by atoms with E-state index in [2.05, 4.69) is 25.6 Å². The molecule has 0 amide bonds. The molecule has 0 spiro atoms. The summed E-state index contributed by atoms with van der Waals surface area (Å²) in [4.78, 5) is 23.8. The van der Waals surface area contributed by atoms with Gasteiger partial charge in [0.2, 0.25) is 5.95 Å². The molecule has 0 radical (unpaired) electrons. The van der Waals surface area contributed by atoms with Crippen molar-refractivity contribution < 1.29 is 9.13 Å². The maximum Gasteiger partial charge on any atom is 0.328 e. The summed E-state index contributed by atoms with van der Waals surface area (Å²) < 4.78 is 21.0. The fraction of sp³-hybridized carbons (Fsp3) is 0.389. The maximum atomic E-state index is 14.6. The zero-order chi connectivity index (χ0) is 19.7. The smallest absolute Gasteiger partial charge is 0.328 e. The van der Waals surface area contributed by atoms with Crippen LogP contribution in [0.15, 0.2) is 23.1 Å². The zero-order valence-electron chi connectivity index (χ0n) is 15.3. The van der Waals surface area contributed by atoms with E-state index in [1.165, 1.54) is 23.8 Å². The average Bonchev–Trinajstić information content (AvgIpc) is 3.31. The van der Waals surface area contributed by atoms with Crippen LogP contribution in [-0.2, 0) is 6.54 Å². The van der Waals surface area contributed by atoms with E-state index in [9.17, 15) is 9.18 Å². The molecule has 3 N–H and O–H groups in total. The number of nitrogens with zero attached hydrogens (tertiary/aromatic N) is 3. The topological polar surface area (TPSA) is 96.9 Å². The molecule has 3 aromatic rings. The Kier molecular flexibility index (Phi) is 5.19. The van der Waals surface area contributed by atoms with Crippen molar-refractivity contribution in [3.05, 3.63) is 45.2 Å². The summed E-state index contributed by atoms with van der Waals surface area (Å²) in [5.41, 5.74) is 0.594. The van der Waals surface area contributed by atoms with Gasteiger partial charge < -0.3 is 20.4 Å². The number of H-pyrrole nitrogens is 1. The van der Waals surface area contributed by atoms with E-state index in [0.717, 1.165) is 26.1 Å². The second kappa shape index (κ2) is 7.76. The molecule has 0 bridgehead atoms. The molecule has 1 atom stereocenters. The Balaban J connectivity index is 1.66. The number of imidazole rings is 1. The minimum atomic E-state index is -0.600. The van der Waals surface area contributed by atoms with E-state index >= 15 is 0 Å². The number of fused-ring (bicyclic) bond motifs is 1. The normalized spacial score (nSPS) is 16.6. The number of methoxy groups -OCH3 is 1. The third kappa shape index (κ3) is 3.55. The third-order valence-corrected chi connectivity index (χ3v) is 5.26. The zero-order valence-corrected chi connectivity index (χ0v) is 16.0. The van der Waals surface area contributed by atoms with Crippen LogP contribution in [0.1, 0.15) is 12.0 Å². The minimum absolute atomic E-state index is 0.0643. The van der Waals surface area contributed by atoms with E-state index in [-0.39, 0.29) is 22.9 Å². The van der Waals surface area contributed by atoms with Gasteiger partial charge in [0, 0.05) is 17.1 Å². The Morgan fingerprint density at radius 1 is 1.46 bits per heavy atom. The number of anilines is 1. The fourth-order valence-corrected chi connectivity index (χ4v) is 3.54. The van der Waals surface area contributed by atoms with Gasteiger partial charge in [0.15, 0.2) is 17.2 Å². The Morgan fingerprint density at radius 3 is 3.07 bits per heavy atom. The highest BCUT2D eigenvalue weighted by molar-refractivity contribution is 6.31. The number of rotatable bonds is 6. The third-order valence-electron chi connectivity index (χ3n) is 4.91. The summed E-state index contributed by atoms with van der Waals surface area (Å²) in [6.45, 7) is 2.63. The average molecular weight is 407 g/mol. The molecule has 1 fully saturated rings. The predicted octanol–water partition coefficient (Wildman–Crippen LogP) is 1.99. The summed E-state index contributed by atoms with van der Waals surface area (Å²) in [6.07, 6.45) is 2.64. The van der Waals surface area contributed by atoms with Crippen molar-refractivity contribution in [2.45, 2.75) is 13.0 Å². The molecule has 3 heterocycles. The number of halogens is 2. The van der Waals surface area contributed by atoms with Crippen molar-refractivity contribution in [2.75, 3.05) is 32.1 Å². The number of benzene rings is 1. The van der Waals surface area contributed by atoms with Crippen LogP contribution in [0.25, 0.3) is 11.2 Å². The van der Waals surface area contributed by atoms with Gasteiger partial charge in [0.05, 0.1) is 19.9 Å². The van der Waals surface area contributed by atoms with E-state index < -0.39 is 11.5 Å². The predicted molar refractivity (Wildman–Crippen MR) is 105 cm³/mol. The number of aromatic amines is 1. The largest absolute Gasteiger partial charge is 0.494 e. The molecule has 1 aliphatic heterocycles. The Hall–Kier alpha value is -2.65. The van der Waals surface area contributed by atoms with Crippen molar-refractivity contribution in [2.24, 2.45) is 5.92 Å². The maximum absolute atomic E-state index is 14.6. The van der Waals surface area contributed by atoms with Gasteiger partial charge in [-0.15, -0.1) is 0 Å². The monoisotopic (exact) mass is 406 g/mol. The minimum Gasteiger partial charge on any atom is -0.494 e. The molecule has 0 saturated carbocycles. The number of hydrogen-bond acceptors (Lipinski definition) is 6. The van der Waals surface area contributed by atoms with Crippen LogP contribution in [0.3, 0.4) is 0 Å². The van der Waals surface area contributed by atoms with E-state index in [0.29, 0.717) is 23.0 Å². The molecule has 1 aromatic carbocycles. The van der Waals surface area contributed by atoms with Crippen molar-refractivity contribution in [1.29, 1.82) is 0 Å². The molecule has 8 nitrogen and oxygen atoms in total. The SMILES string of the molecule is COc1ccc(Cl)c(Cn2c(=O)[nH]c3cnc(NC[C@@H]4CCNC4)nc32)c1F. The first-order valence-corrected chi connectivity index (χ1v) is 9.35. The first kappa shape index (κ1) is 18.7. The van der Waals surface area contributed by atoms with Gasteiger partial charge >= 0.3 is 5.69 Å². The van der Waals surface area contributed by atoms with Crippen molar-refractivity contribution >= 4 is 28.7 Å². The van der Waals surface area contributed by atoms with Gasteiger partial charge in [-0.3, -0.25) is 4.57 Å². The second-order valence-corrected chi connectivity index (χ2v) is 7.14. The van der Waals surface area contributed by atoms with E-state index in [4.69, 9.17) is 16.3 Å². The highest BCUT2D eigenvalue weighted by Crippen LogP contribution is 2.28. The van der Waals surface area contributed by atoms with Gasteiger partial charge in [-0.2, -0.15) is 4.98 Å². The summed E-state index contributed by atoms with van der Waals surface area (Å²) in [6, 6.07) is 2.98. The molecule has 1 saturated heterocycles. The van der Waals surface area contributed by atoms with Crippen molar-refractivity contribution in [3.8, 4) is 5.75 Å². The highest BCUT2D eigenvalue weighted by Gasteiger charge is 2.18. The van der Waals surface area contributed by atoms with Crippen molar-refractivity contribution in [1.82, 2.24) is 24.8 Å². The van der Waals surface area contributed by atoms with Crippen LogP contribution in [0, 0.1) is 11.7 Å². The van der Waals surface area contributed by atoms with E-state index in [1.54, 1.807) is 6.20 Å². The Labute approximate surface area is 165 Å². The quantitative estimate of drug-likeness (QED) is 0.579. The number of ether oxygens (including phenoxy) is 1. The van der Waals surface area contributed by atoms with Gasteiger partial charge in [-0.1, -0.05) is 11.6 Å². The van der Waals surface area contributed by atoms with E-state index in [1.807, 2.05) is 0 Å². The highest BCUT2D eigenvalue weighted by atomic mass is 35.5. The molecular weight excluding hydrogens is 387 g/mol. The molecule has 10 heteroatoms. The van der Waals surface area contributed by atoms with Gasteiger partial charge in [-0.05, 0) is 37.6 Å². The summed E-state index contributed by atoms with van der Waals surface area (Å²) in [7, 11) is 1.37. The lowest BCUT2D eigenvalue weighted by Crippen LogP contribution is -2.20. The van der Waals surface area contributed by atoms with Gasteiger partial charge in [-0.25, -0.2) is 14.2 Å². The molecule has 4 rings (SSSR count). The fourth-order valence-electron chi connectivity index (χ4n) is 3.34. The van der Waals surface area contributed by atoms with Crippen LogP contribution in [-0.4, -0.2) is 46.3 Å². The van der Waals surface area contributed by atoms with Crippen molar-refractivity contribution in [3.63, 3.8) is 0 Å². The molecule has 2 aromatic heterocycles. The van der Waals surface area contributed by atoms with Gasteiger partial charge in [0.25, 0.3) is 0 Å². The standard InChI is InChI=1S/C18H20ClFN6O2/c1-28-14-3-2-12(19)11(15(14)20)9-26-16-13(24-18(26)27)8-23-17(25-16)22-7-10-4-5-21-6-10/h2-3,8,10,21H,4-7,9H2,1H3,(H,24,27)(H,22,23,25)/t10-/m1/s1. The first-order valence-electron chi connectivity index (χ1n) is 8.98. The van der Waals surface area contributed by atoms with Gasteiger partial charge in [0.1, 0.15) is 5.52 Å². The first-order chi connectivity index (χ1) is 13.6. The number of aromatic nitrogens is 4. The van der Waals surface area contributed by atoms with Crippen LogP contribution in [0.4, 0.5) is 10.3 Å². The summed E-state index contributed by atoms with van der Waals surface area (Å²) in [5.74, 6) is 0.397. The Bertz CT molecular complexity index is 1060. The van der Waals surface area contributed by atoms with Crippen LogP contribution in [0.2, 0.25) is 5.02 Å². The number of nitrogens with one attached hydrogen (secondary N) is 3.